The second kappa shape index (κ2) is 8.31. The van der Waals surface area contributed by atoms with Gasteiger partial charge in [-0.1, -0.05) is 41.9 Å². The maximum Gasteiger partial charge on any atom is 0.321 e. The number of carbonyl (C=O) groups excluding carboxylic acids is 2. The third-order valence-corrected chi connectivity index (χ3v) is 3.49. The molecule has 0 aliphatic rings. The SMILES string of the molecule is CCNC(=O)NC(=O)[C@H](Nc1ccc(F)c(Cl)c1)c1ccccc1. The second-order valence-corrected chi connectivity index (χ2v) is 5.37. The highest BCUT2D eigenvalue weighted by molar-refractivity contribution is 6.31. The summed E-state index contributed by atoms with van der Waals surface area (Å²) in [5, 5.41) is 7.67. The number of carbonyl (C=O) groups is 2. The van der Waals surface area contributed by atoms with E-state index in [9.17, 15) is 14.0 Å². The number of hydrogen-bond acceptors (Lipinski definition) is 3. The molecule has 5 nitrogen and oxygen atoms in total. The maximum absolute atomic E-state index is 13.3. The van der Waals surface area contributed by atoms with Gasteiger partial charge in [-0.15, -0.1) is 0 Å². The lowest BCUT2D eigenvalue weighted by molar-refractivity contribution is -0.120. The van der Waals surface area contributed by atoms with E-state index in [1.54, 1.807) is 31.2 Å². The van der Waals surface area contributed by atoms with Gasteiger partial charge in [0.1, 0.15) is 11.9 Å². The van der Waals surface area contributed by atoms with Crippen molar-refractivity contribution in [2.24, 2.45) is 0 Å². The van der Waals surface area contributed by atoms with E-state index in [0.717, 1.165) is 0 Å². The summed E-state index contributed by atoms with van der Waals surface area (Å²) in [7, 11) is 0. The third-order valence-electron chi connectivity index (χ3n) is 3.20. The number of amides is 3. The predicted octanol–water partition coefficient (Wildman–Crippen LogP) is 3.48. The Bertz CT molecular complexity index is 725. The van der Waals surface area contributed by atoms with Gasteiger partial charge in [0.25, 0.3) is 5.91 Å². The number of rotatable bonds is 5. The van der Waals surface area contributed by atoms with Crippen molar-refractivity contribution in [3.8, 4) is 0 Å². The van der Waals surface area contributed by atoms with Gasteiger partial charge in [0.2, 0.25) is 0 Å². The number of urea groups is 1. The van der Waals surface area contributed by atoms with E-state index >= 15 is 0 Å². The van der Waals surface area contributed by atoms with E-state index < -0.39 is 23.8 Å². The lowest BCUT2D eigenvalue weighted by atomic mass is 10.1. The van der Waals surface area contributed by atoms with Gasteiger partial charge >= 0.3 is 6.03 Å². The van der Waals surface area contributed by atoms with Crippen molar-refractivity contribution in [1.29, 1.82) is 0 Å². The second-order valence-electron chi connectivity index (χ2n) is 4.97. The fourth-order valence-electron chi connectivity index (χ4n) is 2.09. The monoisotopic (exact) mass is 349 g/mol. The fourth-order valence-corrected chi connectivity index (χ4v) is 2.27. The summed E-state index contributed by atoms with van der Waals surface area (Å²) in [6, 6.07) is 11.5. The number of imide groups is 1. The Kier molecular flexibility index (Phi) is 6.14. The largest absolute Gasteiger partial charge is 0.370 e. The van der Waals surface area contributed by atoms with E-state index in [1.807, 2.05) is 6.07 Å². The average molecular weight is 350 g/mol. The lowest BCUT2D eigenvalue weighted by Crippen LogP contribution is -2.43. The van der Waals surface area contributed by atoms with Gasteiger partial charge in [-0.25, -0.2) is 9.18 Å². The predicted molar refractivity (Wildman–Crippen MR) is 91.4 cm³/mol. The van der Waals surface area contributed by atoms with Crippen LogP contribution in [0.1, 0.15) is 18.5 Å². The molecule has 0 aromatic heterocycles. The minimum Gasteiger partial charge on any atom is -0.370 e. The normalized spacial score (nSPS) is 11.5. The van der Waals surface area contributed by atoms with E-state index in [-0.39, 0.29) is 5.02 Å². The zero-order chi connectivity index (χ0) is 17.5. The van der Waals surface area contributed by atoms with Crippen LogP contribution in [-0.4, -0.2) is 18.5 Å². The molecule has 0 saturated heterocycles. The van der Waals surface area contributed by atoms with E-state index in [2.05, 4.69) is 16.0 Å². The quantitative estimate of drug-likeness (QED) is 0.774. The first-order valence-electron chi connectivity index (χ1n) is 7.36. The van der Waals surface area contributed by atoms with Crippen LogP contribution in [0, 0.1) is 5.82 Å². The summed E-state index contributed by atoms with van der Waals surface area (Å²) in [5.74, 6) is -1.09. The fraction of sp³-hybridized carbons (Fsp3) is 0.176. The standard InChI is InChI=1S/C17H17ClFN3O2/c1-2-20-17(24)22-16(23)15(11-6-4-3-5-7-11)21-12-8-9-14(19)13(18)10-12/h3-10,15,21H,2H2,1H3,(H2,20,22,23,24)/t15-/m1/s1. The summed E-state index contributed by atoms with van der Waals surface area (Å²) in [5.41, 5.74) is 1.11. The molecule has 7 heteroatoms. The van der Waals surface area contributed by atoms with Crippen molar-refractivity contribution >= 4 is 29.2 Å². The molecule has 2 aromatic rings. The topological polar surface area (TPSA) is 70.2 Å². The van der Waals surface area contributed by atoms with Gasteiger partial charge < -0.3 is 10.6 Å². The molecule has 0 heterocycles. The third kappa shape index (κ3) is 4.70. The van der Waals surface area contributed by atoms with Crippen molar-refractivity contribution in [2.75, 3.05) is 11.9 Å². The molecule has 0 aliphatic heterocycles. The molecule has 0 fully saturated rings. The Morgan fingerprint density at radius 1 is 1.17 bits per heavy atom. The zero-order valence-electron chi connectivity index (χ0n) is 13.0. The van der Waals surface area contributed by atoms with Crippen LogP contribution < -0.4 is 16.0 Å². The van der Waals surface area contributed by atoms with Crippen LogP contribution in [0.25, 0.3) is 0 Å². The molecule has 0 unspecified atom stereocenters. The molecule has 0 radical (unpaired) electrons. The molecule has 24 heavy (non-hydrogen) atoms. The van der Waals surface area contributed by atoms with E-state index in [1.165, 1.54) is 18.2 Å². The number of halogens is 2. The first-order valence-corrected chi connectivity index (χ1v) is 7.74. The number of nitrogens with one attached hydrogen (secondary N) is 3. The van der Waals surface area contributed by atoms with Crippen LogP contribution in [0.4, 0.5) is 14.9 Å². The summed E-state index contributed by atoms with van der Waals surface area (Å²) in [6.45, 7) is 2.15. The van der Waals surface area contributed by atoms with Crippen molar-refractivity contribution in [2.45, 2.75) is 13.0 Å². The highest BCUT2D eigenvalue weighted by Gasteiger charge is 2.22. The minimum atomic E-state index is -0.838. The first kappa shape index (κ1) is 17.7. The average Bonchev–Trinajstić information content (AvgIpc) is 2.56. The molecular formula is C17H17ClFN3O2. The summed E-state index contributed by atoms with van der Waals surface area (Å²) < 4.78 is 13.3. The maximum atomic E-state index is 13.3. The molecule has 0 spiro atoms. The number of benzene rings is 2. The van der Waals surface area contributed by atoms with Gasteiger partial charge in [-0.05, 0) is 30.7 Å². The highest BCUT2D eigenvalue weighted by Crippen LogP contribution is 2.24. The number of hydrogen-bond donors (Lipinski definition) is 3. The molecule has 0 saturated carbocycles. The Hall–Kier alpha value is -2.60. The van der Waals surface area contributed by atoms with E-state index in [4.69, 9.17) is 11.6 Å². The van der Waals surface area contributed by atoms with Crippen LogP contribution in [0.5, 0.6) is 0 Å². The van der Waals surface area contributed by atoms with Gasteiger partial charge in [0.05, 0.1) is 5.02 Å². The Balaban J connectivity index is 2.24. The van der Waals surface area contributed by atoms with Crippen molar-refractivity contribution in [1.82, 2.24) is 10.6 Å². The van der Waals surface area contributed by atoms with Crippen molar-refractivity contribution < 1.29 is 14.0 Å². The van der Waals surface area contributed by atoms with Crippen LogP contribution in [-0.2, 0) is 4.79 Å². The summed E-state index contributed by atoms with van der Waals surface area (Å²) >= 11 is 5.77. The summed E-state index contributed by atoms with van der Waals surface area (Å²) in [6.07, 6.45) is 0. The van der Waals surface area contributed by atoms with Crippen LogP contribution >= 0.6 is 11.6 Å². The van der Waals surface area contributed by atoms with Crippen LogP contribution in [0.3, 0.4) is 0 Å². The molecule has 0 bridgehead atoms. The molecule has 0 aliphatic carbocycles. The molecule has 2 rings (SSSR count). The van der Waals surface area contributed by atoms with Gasteiger partial charge in [-0.3, -0.25) is 10.1 Å². The first-order chi connectivity index (χ1) is 11.5. The summed E-state index contributed by atoms with van der Waals surface area (Å²) in [4.78, 5) is 24.0. The Labute approximate surface area is 144 Å². The molecular weight excluding hydrogens is 333 g/mol. The van der Waals surface area contributed by atoms with Gasteiger partial charge in [-0.2, -0.15) is 0 Å². The molecule has 2 aromatic carbocycles. The Morgan fingerprint density at radius 2 is 1.88 bits per heavy atom. The smallest absolute Gasteiger partial charge is 0.321 e. The van der Waals surface area contributed by atoms with E-state index in [0.29, 0.717) is 17.8 Å². The van der Waals surface area contributed by atoms with Gasteiger partial charge in [0.15, 0.2) is 0 Å². The Morgan fingerprint density at radius 3 is 2.50 bits per heavy atom. The van der Waals surface area contributed by atoms with Crippen LogP contribution in [0.15, 0.2) is 48.5 Å². The van der Waals surface area contributed by atoms with Gasteiger partial charge in [0, 0.05) is 12.2 Å². The zero-order valence-corrected chi connectivity index (χ0v) is 13.7. The van der Waals surface area contributed by atoms with Crippen molar-refractivity contribution in [3.63, 3.8) is 0 Å². The lowest BCUT2D eigenvalue weighted by Gasteiger charge is -2.20. The highest BCUT2D eigenvalue weighted by atomic mass is 35.5. The molecule has 126 valence electrons. The molecule has 3 amide bonds. The number of anilines is 1. The van der Waals surface area contributed by atoms with Crippen LogP contribution in [0.2, 0.25) is 5.02 Å². The molecule has 3 N–H and O–H groups in total. The van der Waals surface area contributed by atoms with Crippen molar-refractivity contribution in [3.05, 3.63) is 64.9 Å². The minimum absolute atomic E-state index is 0.0593. The molecule has 1 atom stereocenters.